The first-order valence-corrected chi connectivity index (χ1v) is 9.37. The van der Waals surface area contributed by atoms with Crippen LogP contribution in [-0.2, 0) is 4.79 Å². The molecule has 0 bridgehead atoms. The van der Waals surface area contributed by atoms with Gasteiger partial charge in [0, 0.05) is 24.3 Å². The molecule has 2 amide bonds. The second kappa shape index (κ2) is 7.56. The summed E-state index contributed by atoms with van der Waals surface area (Å²) >= 11 is 0. The quantitative estimate of drug-likeness (QED) is 0.881. The normalized spacial score (nSPS) is 20.5. The zero-order valence-corrected chi connectivity index (χ0v) is 15.0. The van der Waals surface area contributed by atoms with Gasteiger partial charge in [-0.25, -0.2) is 0 Å². The van der Waals surface area contributed by atoms with E-state index in [1.807, 2.05) is 4.90 Å². The van der Waals surface area contributed by atoms with Gasteiger partial charge in [0.15, 0.2) is 0 Å². The molecule has 2 N–H and O–H groups in total. The van der Waals surface area contributed by atoms with Crippen LogP contribution in [0.2, 0.25) is 0 Å². The van der Waals surface area contributed by atoms with Gasteiger partial charge in [-0.3, -0.25) is 9.59 Å². The number of piperidine rings is 1. The monoisotopic (exact) mass is 344 g/mol. The third-order valence-electron chi connectivity index (χ3n) is 5.51. The fourth-order valence-electron chi connectivity index (χ4n) is 3.80. The highest BCUT2D eigenvalue weighted by Gasteiger charge is 2.33. The van der Waals surface area contributed by atoms with Crippen molar-refractivity contribution < 1.29 is 14.7 Å². The maximum Gasteiger partial charge on any atom is 0.253 e. The molecule has 1 saturated heterocycles. The first kappa shape index (κ1) is 17.9. The van der Waals surface area contributed by atoms with E-state index in [9.17, 15) is 14.7 Å². The minimum atomic E-state index is -0.842. The van der Waals surface area contributed by atoms with E-state index in [2.05, 4.69) is 12.2 Å². The summed E-state index contributed by atoms with van der Waals surface area (Å²) in [5, 5.41) is 13.1. The second-order valence-corrected chi connectivity index (χ2v) is 7.71. The average Bonchev–Trinajstić information content (AvgIpc) is 3.01. The number of nitrogens with one attached hydrogen (secondary N) is 1. The first-order valence-electron chi connectivity index (χ1n) is 9.37. The molecule has 5 heteroatoms. The Kier molecular flexibility index (Phi) is 5.42. The molecule has 1 aliphatic heterocycles. The standard InChI is InChI=1S/C20H28N2O3/c1-15-8-12-22(13-9-15)19(24)16-4-6-17(7-5-16)21-18(23)14-20(25)10-2-3-11-20/h4-7,15,25H,2-3,8-14H2,1H3,(H,21,23). The predicted octanol–water partition coefficient (Wildman–Crippen LogP) is 3.19. The number of hydrogen-bond donors (Lipinski definition) is 2. The molecule has 5 nitrogen and oxygen atoms in total. The Morgan fingerprint density at radius 3 is 2.36 bits per heavy atom. The lowest BCUT2D eigenvalue weighted by molar-refractivity contribution is -0.120. The van der Waals surface area contributed by atoms with Crippen molar-refractivity contribution in [3.05, 3.63) is 29.8 Å². The van der Waals surface area contributed by atoms with Gasteiger partial charge in [0.2, 0.25) is 5.91 Å². The van der Waals surface area contributed by atoms with Crippen LogP contribution in [-0.4, -0.2) is 40.5 Å². The van der Waals surface area contributed by atoms with E-state index in [0.717, 1.165) is 38.8 Å². The van der Waals surface area contributed by atoms with E-state index in [1.54, 1.807) is 24.3 Å². The van der Waals surface area contributed by atoms with Crippen molar-refractivity contribution >= 4 is 17.5 Å². The van der Waals surface area contributed by atoms with Gasteiger partial charge in [-0.05, 0) is 55.9 Å². The molecule has 1 aromatic rings. The Morgan fingerprint density at radius 1 is 1.16 bits per heavy atom. The third-order valence-corrected chi connectivity index (χ3v) is 5.51. The van der Waals surface area contributed by atoms with Gasteiger partial charge >= 0.3 is 0 Å². The Morgan fingerprint density at radius 2 is 1.76 bits per heavy atom. The highest BCUT2D eigenvalue weighted by atomic mass is 16.3. The van der Waals surface area contributed by atoms with Crippen molar-refractivity contribution in [3.8, 4) is 0 Å². The van der Waals surface area contributed by atoms with Crippen molar-refractivity contribution in [2.24, 2.45) is 5.92 Å². The average molecular weight is 344 g/mol. The lowest BCUT2D eigenvalue weighted by Gasteiger charge is -2.30. The summed E-state index contributed by atoms with van der Waals surface area (Å²) in [6.45, 7) is 3.86. The molecule has 25 heavy (non-hydrogen) atoms. The summed E-state index contributed by atoms with van der Waals surface area (Å²) in [5.74, 6) is 0.579. The van der Waals surface area contributed by atoms with Gasteiger partial charge in [-0.1, -0.05) is 19.8 Å². The zero-order chi connectivity index (χ0) is 17.9. The minimum Gasteiger partial charge on any atom is -0.389 e. The number of likely N-dealkylation sites (tertiary alicyclic amines) is 1. The van der Waals surface area contributed by atoms with E-state index >= 15 is 0 Å². The fraction of sp³-hybridized carbons (Fsp3) is 0.600. The zero-order valence-electron chi connectivity index (χ0n) is 15.0. The van der Waals surface area contributed by atoms with Crippen LogP contribution in [0.15, 0.2) is 24.3 Å². The highest BCUT2D eigenvalue weighted by molar-refractivity contribution is 5.96. The maximum atomic E-state index is 12.5. The van der Waals surface area contributed by atoms with Gasteiger partial charge in [-0.2, -0.15) is 0 Å². The molecule has 0 radical (unpaired) electrons. The largest absolute Gasteiger partial charge is 0.389 e. The Labute approximate surface area is 149 Å². The molecule has 1 aliphatic carbocycles. The van der Waals surface area contributed by atoms with Crippen molar-refractivity contribution in [1.29, 1.82) is 0 Å². The molecule has 0 spiro atoms. The summed E-state index contributed by atoms with van der Waals surface area (Å²) in [7, 11) is 0. The number of carbonyl (C=O) groups excluding carboxylic acids is 2. The van der Waals surface area contributed by atoms with E-state index in [-0.39, 0.29) is 18.2 Å². The summed E-state index contributed by atoms with van der Waals surface area (Å²) in [6, 6.07) is 7.05. The molecule has 1 aromatic carbocycles. The second-order valence-electron chi connectivity index (χ2n) is 7.71. The van der Waals surface area contributed by atoms with Crippen molar-refractivity contribution in [2.75, 3.05) is 18.4 Å². The van der Waals surface area contributed by atoms with Gasteiger partial charge < -0.3 is 15.3 Å². The van der Waals surface area contributed by atoms with Gasteiger partial charge in [0.1, 0.15) is 0 Å². The number of hydrogen-bond acceptors (Lipinski definition) is 3. The maximum absolute atomic E-state index is 12.5. The molecule has 136 valence electrons. The van der Waals surface area contributed by atoms with Crippen molar-refractivity contribution in [1.82, 2.24) is 4.90 Å². The lowest BCUT2D eigenvalue weighted by atomic mass is 9.97. The van der Waals surface area contributed by atoms with Crippen LogP contribution in [0.25, 0.3) is 0 Å². The van der Waals surface area contributed by atoms with Crippen LogP contribution >= 0.6 is 0 Å². The molecule has 0 aromatic heterocycles. The minimum absolute atomic E-state index is 0.0602. The van der Waals surface area contributed by atoms with Gasteiger partial charge in [0.25, 0.3) is 5.91 Å². The number of carbonyl (C=O) groups is 2. The summed E-state index contributed by atoms with van der Waals surface area (Å²) < 4.78 is 0. The van der Waals surface area contributed by atoms with Crippen LogP contribution in [0, 0.1) is 5.92 Å². The molecular formula is C20H28N2O3. The summed E-state index contributed by atoms with van der Waals surface area (Å²) in [6.07, 6.45) is 5.61. The Bertz CT molecular complexity index is 612. The van der Waals surface area contributed by atoms with E-state index < -0.39 is 5.60 Å². The predicted molar refractivity (Wildman–Crippen MR) is 97.4 cm³/mol. The molecule has 1 saturated carbocycles. The number of nitrogens with zero attached hydrogens (tertiary/aromatic N) is 1. The van der Waals surface area contributed by atoms with Crippen LogP contribution in [0.1, 0.15) is 62.2 Å². The number of anilines is 1. The fourth-order valence-corrected chi connectivity index (χ4v) is 3.80. The molecule has 2 fully saturated rings. The summed E-state index contributed by atoms with van der Waals surface area (Å²) in [5.41, 5.74) is 0.475. The highest BCUT2D eigenvalue weighted by Crippen LogP contribution is 2.32. The first-order chi connectivity index (χ1) is 12.0. The summed E-state index contributed by atoms with van der Waals surface area (Å²) in [4.78, 5) is 26.5. The molecule has 3 rings (SSSR count). The van der Waals surface area contributed by atoms with Crippen molar-refractivity contribution in [3.63, 3.8) is 0 Å². The van der Waals surface area contributed by atoms with Gasteiger partial charge in [-0.15, -0.1) is 0 Å². The van der Waals surface area contributed by atoms with Crippen LogP contribution in [0.4, 0.5) is 5.69 Å². The number of benzene rings is 1. The van der Waals surface area contributed by atoms with Crippen LogP contribution < -0.4 is 5.32 Å². The molecule has 0 unspecified atom stereocenters. The number of amides is 2. The Hall–Kier alpha value is -1.88. The SMILES string of the molecule is CC1CCN(C(=O)c2ccc(NC(=O)CC3(O)CCCC3)cc2)CC1. The van der Waals surface area contributed by atoms with E-state index in [1.165, 1.54) is 0 Å². The number of rotatable bonds is 4. The van der Waals surface area contributed by atoms with Gasteiger partial charge in [0.05, 0.1) is 12.0 Å². The van der Waals surface area contributed by atoms with Crippen molar-refractivity contribution in [2.45, 2.75) is 57.5 Å². The van der Waals surface area contributed by atoms with E-state index in [0.29, 0.717) is 30.0 Å². The van der Waals surface area contributed by atoms with E-state index in [4.69, 9.17) is 0 Å². The van der Waals surface area contributed by atoms with Crippen LogP contribution in [0.3, 0.4) is 0 Å². The molecular weight excluding hydrogens is 316 g/mol. The molecule has 2 aliphatic rings. The molecule has 1 heterocycles. The smallest absolute Gasteiger partial charge is 0.253 e. The molecule has 0 atom stereocenters. The topological polar surface area (TPSA) is 69.6 Å². The third kappa shape index (κ3) is 4.60. The lowest BCUT2D eigenvalue weighted by Crippen LogP contribution is -2.37. The number of aliphatic hydroxyl groups is 1. The Balaban J connectivity index is 1.54. The van der Waals surface area contributed by atoms with Crippen LogP contribution in [0.5, 0.6) is 0 Å².